The van der Waals surface area contributed by atoms with Gasteiger partial charge in [0.05, 0.1) is 0 Å². The summed E-state index contributed by atoms with van der Waals surface area (Å²) < 4.78 is 40.8. The summed E-state index contributed by atoms with van der Waals surface area (Å²) in [5.41, 5.74) is 6.90. The Kier molecular flexibility index (Phi) is 3.14. The maximum atomic E-state index is 12.3. The molecule has 2 aromatic rings. The number of nitrogens with two attached hydrogens (primary N) is 1. The Bertz CT molecular complexity index is 538. The highest BCUT2D eigenvalue weighted by atomic mass is 19.4. The van der Waals surface area contributed by atoms with Crippen LogP contribution in [0.2, 0.25) is 0 Å². The van der Waals surface area contributed by atoms with Gasteiger partial charge >= 0.3 is 6.36 Å². The molecule has 2 rings (SSSR count). The summed E-state index contributed by atoms with van der Waals surface area (Å²) in [5, 5.41) is 0. The van der Waals surface area contributed by atoms with Gasteiger partial charge in [-0.05, 0) is 23.8 Å². The van der Waals surface area contributed by atoms with Crippen LogP contribution in [-0.4, -0.2) is 6.36 Å². The van der Waals surface area contributed by atoms with Crippen molar-refractivity contribution in [1.82, 2.24) is 0 Å². The average molecular weight is 253 g/mol. The van der Waals surface area contributed by atoms with E-state index in [-0.39, 0.29) is 5.75 Å². The van der Waals surface area contributed by atoms with Crippen LogP contribution in [0, 0.1) is 0 Å². The number of halogens is 3. The molecular formula is C13H10F3NO. The molecule has 0 spiro atoms. The average Bonchev–Trinajstić information content (AvgIpc) is 2.31. The SMILES string of the molecule is Nc1ccc(OC(F)(F)F)c(-c2ccccc2)c1. The van der Waals surface area contributed by atoms with Gasteiger partial charge < -0.3 is 10.5 Å². The first kappa shape index (κ1) is 12.3. The Morgan fingerprint density at radius 1 is 0.944 bits per heavy atom. The number of hydrogen-bond acceptors (Lipinski definition) is 2. The lowest BCUT2D eigenvalue weighted by Crippen LogP contribution is -2.17. The number of ether oxygens (including phenoxy) is 1. The van der Waals surface area contributed by atoms with Crippen LogP contribution in [0.4, 0.5) is 18.9 Å². The Morgan fingerprint density at radius 3 is 2.22 bits per heavy atom. The van der Waals surface area contributed by atoms with Gasteiger partial charge in [0.15, 0.2) is 0 Å². The lowest BCUT2D eigenvalue weighted by atomic mass is 10.0. The monoisotopic (exact) mass is 253 g/mol. The molecule has 94 valence electrons. The second-order valence-electron chi connectivity index (χ2n) is 3.67. The van der Waals surface area contributed by atoms with E-state index in [1.165, 1.54) is 18.2 Å². The van der Waals surface area contributed by atoms with E-state index in [0.29, 0.717) is 16.8 Å². The van der Waals surface area contributed by atoms with Crippen molar-refractivity contribution in [2.75, 3.05) is 5.73 Å². The number of benzene rings is 2. The zero-order chi connectivity index (χ0) is 13.2. The summed E-state index contributed by atoms with van der Waals surface area (Å²) in [7, 11) is 0. The number of alkyl halides is 3. The molecule has 0 aliphatic rings. The largest absolute Gasteiger partial charge is 0.573 e. The van der Waals surface area contributed by atoms with Crippen molar-refractivity contribution in [3.8, 4) is 16.9 Å². The molecule has 0 aliphatic carbocycles. The fraction of sp³-hybridized carbons (Fsp3) is 0.0769. The van der Waals surface area contributed by atoms with Gasteiger partial charge in [-0.25, -0.2) is 0 Å². The van der Waals surface area contributed by atoms with Crippen LogP contribution < -0.4 is 10.5 Å². The summed E-state index contributed by atoms with van der Waals surface area (Å²) in [6, 6.07) is 12.7. The molecule has 0 amide bonds. The lowest BCUT2D eigenvalue weighted by Gasteiger charge is -2.14. The fourth-order valence-electron chi connectivity index (χ4n) is 1.60. The Balaban J connectivity index is 2.48. The normalized spacial score (nSPS) is 11.3. The van der Waals surface area contributed by atoms with E-state index in [9.17, 15) is 13.2 Å². The minimum Gasteiger partial charge on any atom is -0.405 e. The van der Waals surface area contributed by atoms with Crippen molar-refractivity contribution in [2.24, 2.45) is 0 Å². The highest BCUT2D eigenvalue weighted by Crippen LogP contribution is 2.35. The number of nitrogen functional groups attached to an aromatic ring is 1. The molecule has 0 aliphatic heterocycles. The van der Waals surface area contributed by atoms with Crippen LogP contribution in [0.15, 0.2) is 48.5 Å². The van der Waals surface area contributed by atoms with Crippen molar-refractivity contribution in [1.29, 1.82) is 0 Å². The van der Waals surface area contributed by atoms with E-state index < -0.39 is 6.36 Å². The van der Waals surface area contributed by atoms with Gasteiger partial charge in [-0.15, -0.1) is 13.2 Å². The van der Waals surface area contributed by atoms with Crippen molar-refractivity contribution >= 4 is 5.69 Å². The second kappa shape index (κ2) is 4.60. The van der Waals surface area contributed by atoms with Gasteiger partial charge in [-0.1, -0.05) is 30.3 Å². The molecule has 2 N–H and O–H groups in total. The third-order valence-corrected chi connectivity index (χ3v) is 2.31. The first-order valence-corrected chi connectivity index (χ1v) is 5.16. The Hall–Kier alpha value is -2.17. The third kappa shape index (κ3) is 2.94. The van der Waals surface area contributed by atoms with Gasteiger partial charge in [0.1, 0.15) is 5.75 Å². The van der Waals surface area contributed by atoms with E-state index in [4.69, 9.17) is 5.73 Å². The van der Waals surface area contributed by atoms with E-state index in [1.807, 2.05) is 0 Å². The molecule has 2 nitrogen and oxygen atoms in total. The molecule has 0 bridgehead atoms. The minimum absolute atomic E-state index is 0.261. The number of hydrogen-bond donors (Lipinski definition) is 1. The van der Waals surface area contributed by atoms with Crippen molar-refractivity contribution < 1.29 is 17.9 Å². The summed E-state index contributed by atoms with van der Waals surface area (Å²) in [5.74, 6) is -0.261. The van der Waals surface area contributed by atoms with Crippen LogP contribution in [-0.2, 0) is 0 Å². The smallest absolute Gasteiger partial charge is 0.405 e. The number of anilines is 1. The van der Waals surface area contributed by atoms with Crippen LogP contribution in [0.3, 0.4) is 0 Å². The molecule has 0 saturated heterocycles. The zero-order valence-electron chi connectivity index (χ0n) is 9.24. The van der Waals surface area contributed by atoms with Gasteiger partial charge in [-0.2, -0.15) is 0 Å². The van der Waals surface area contributed by atoms with Gasteiger partial charge in [0.25, 0.3) is 0 Å². The molecule has 0 saturated carbocycles. The summed E-state index contributed by atoms with van der Waals surface area (Å²) >= 11 is 0. The first-order chi connectivity index (χ1) is 8.46. The molecule has 0 aromatic heterocycles. The van der Waals surface area contributed by atoms with Crippen LogP contribution >= 0.6 is 0 Å². The maximum absolute atomic E-state index is 12.3. The van der Waals surface area contributed by atoms with E-state index in [2.05, 4.69) is 4.74 Å². The van der Waals surface area contributed by atoms with E-state index in [1.54, 1.807) is 30.3 Å². The second-order valence-corrected chi connectivity index (χ2v) is 3.67. The summed E-state index contributed by atoms with van der Waals surface area (Å²) in [6.07, 6.45) is -4.72. The van der Waals surface area contributed by atoms with Crippen LogP contribution in [0.5, 0.6) is 5.75 Å². The topological polar surface area (TPSA) is 35.2 Å². The molecule has 0 atom stereocenters. The maximum Gasteiger partial charge on any atom is 0.573 e. The molecule has 0 radical (unpaired) electrons. The standard InChI is InChI=1S/C13H10F3NO/c14-13(15,16)18-12-7-6-10(17)8-11(12)9-4-2-1-3-5-9/h1-8H,17H2. The molecule has 0 unspecified atom stereocenters. The summed E-state index contributed by atoms with van der Waals surface area (Å²) in [4.78, 5) is 0. The van der Waals surface area contributed by atoms with E-state index in [0.717, 1.165) is 0 Å². The third-order valence-electron chi connectivity index (χ3n) is 2.31. The van der Waals surface area contributed by atoms with Gasteiger partial charge in [-0.3, -0.25) is 0 Å². The van der Waals surface area contributed by atoms with Gasteiger partial charge in [0.2, 0.25) is 0 Å². The predicted molar refractivity (Wildman–Crippen MR) is 63.0 cm³/mol. The zero-order valence-corrected chi connectivity index (χ0v) is 9.24. The lowest BCUT2D eigenvalue weighted by molar-refractivity contribution is -0.274. The molecule has 5 heteroatoms. The molecule has 0 heterocycles. The van der Waals surface area contributed by atoms with Crippen LogP contribution in [0.25, 0.3) is 11.1 Å². The Labute approximate surface area is 102 Å². The molecule has 0 fully saturated rings. The number of rotatable bonds is 2. The Morgan fingerprint density at radius 2 is 1.61 bits per heavy atom. The summed E-state index contributed by atoms with van der Waals surface area (Å²) in [6.45, 7) is 0. The highest BCUT2D eigenvalue weighted by molar-refractivity contribution is 5.73. The van der Waals surface area contributed by atoms with Crippen molar-refractivity contribution in [3.05, 3.63) is 48.5 Å². The minimum atomic E-state index is -4.72. The first-order valence-electron chi connectivity index (χ1n) is 5.16. The van der Waals surface area contributed by atoms with E-state index >= 15 is 0 Å². The van der Waals surface area contributed by atoms with Crippen molar-refractivity contribution in [3.63, 3.8) is 0 Å². The highest BCUT2D eigenvalue weighted by Gasteiger charge is 2.32. The predicted octanol–water partition coefficient (Wildman–Crippen LogP) is 3.83. The molecular weight excluding hydrogens is 243 g/mol. The quantitative estimate of drug-likeness (QED) is 0.825. The van der Waals surface area contributed by atoms with Gasteiger partial charge in [0, 0.05) is 11.3 Å². The molecule has 18 heavy (non-hydrogen) atoms. The fourth-order valence-corrected chi connectivity index (χ4v) is 1.60. The van der Waals surface area contributed by atoms with Crippen molar-refractivity contribution in [2.45, 2.75) is 6.36 Å². The molecule has 2 aromatic carbocycles. The van der Waals surface area contributed by atoms with Crippen LogP contribution in [0.1, 0.15) is 0 Å².